The Morgan fingerprint density at radius 1 is 1.06 bits per heavy atom. The largest absolute Gasteiger partial charge is 0.463 e. The van der Waals surface area contributed by atoms with Crippen molar-refractivity contribution in [1.29, 1.82) is 0 Å². The second-order valence-electron chi connectivity index (χ2n) is 7.24. The van der Waals surface area contributed by atoms with Crippen LogP contribution in [0.4, 0.5) is 11.5 Å². The number of nitrogens with zero attached hydrogens (tertiary/aromatic N) is 4. The maximum atomic E-state index is 12.9. The number of nitrogens with one attached hydrogen (secondary N) is 1. The number of ether oxygens (including phenoxy) is 1. The molecule has 0 spiro atoms. The van der Waals surface area contributed by atoms with Gasteiger partial charge in [0, 0.05) is 24.2 Å². The Hall–Kier alpha value is -3.62. The monoisotopic (exact) mass is 449 g/mol. The molecule has 1 aromatic carbocycles. The fourth-order valence-electron chi connectivity index (χ4n) is 3.51. The summed E-state index contributed by atoms with van der Waals surface area (Å²) in [4.78, 5) is 19.6. The number of carbonyl (C=O) groups excluding carboxylic acids is 1. The van der Waals surface area contributed by atoms with Gasteiger partial charge < -0.3 is 19.4 Å². The maximum absolute atomic E-state index is 12.9. The van der Waals surface area contributed by atoms with Crippen LogP contribution in [0.5, 0.6) is 0 Å². The number of anilines is 2. The zero-order valence-corrected chi connectivity index (χ0v) is 17.8. The number of morpholine rings is 1. The standard InChI is InChI=1S/C23H20ClN5O3/c24-16-3-6-18(7-4-16)29-20(21-2-1-11-32-21)14-19(27-29)23(30)26-17-5-8-22(25-15-17)28-9-12-31-13-10-28/h1-8,11,14-15H,9-10,12-13H2,(H,26,30). The third-order valence-electron chi connectivity index (χ3n) is 5.13. The van der Waals surface area contributed by atoms with E-state index in [1.165, 1.54) is 0 Å². The summed E-state index contributed by atoms with van der Waals surface area (Å²) < 4.78 is 12.6. The highest BCUT2D eigenvalue weighted by atomic mass is 35.5. The molecule has 32 heavy (non-hydrogen) atoms. The molecule has 3 aromatic heterocycles. The minimum atomic E-state index is -0.341. The first-order valence-corrected chi connectivity index (χ1v) is 10.6. The summed E-state index contributed by atoms with van der Waals surface area (Å²) in [5, 5.41) is 7.99. The van der Waals surface area contributed by atoms with Gasteiger partial charge in [0.15, 0.2) is 11.5 Å². The quantitative estimate of drug-likeness (QED) is 0.489. The Balaban J connectivity index is 1.39. The van der Waals surface area contributed by atoms with Crippen molar-refractivity contribution in [3.8, 4) is 17.1 Å². The molecule has 4 aromatic rings. The van der Waals surface area contributed by atoms with Crippen molar-refractivity contribution in [3.63, 3.8) is 0 Å². The molecule has 9 heteroatoms. The topological polar surface area (TPSA) is 85.4 Å². The molecule has 5 rings (SSSR count). The molecular weight excluding hydrogens is 430 g/mol. The van der Waals surface area contributed by atoms with Crippen LogP contribution in [0, 0.1) is 0 Å². The number of rotatable bonds is 5. The molecule has 0 radical (unpaired) electrons. The zero-order chi connectivity index (χ0) is 21.9. The van der Waals surface area contributed by atoms with Crippen molar-refractivity contribution in [2.24, 2.45) is 0 Å². The van der Waals surface area contributed by atoms with Crippen molar-refractivity contribution in [1.82, 2.24) is 14.8 Å². The Morgan fingerprint density at radius 2 is 1.88 bits per heavy atom. The lowest BCUT2D eigenvalue weighted by Gasteiger charge is -2.27. The molecule has 1 aliphatic rings. The van der Waals surface area contributed by atoms with E-state index in [0.29, 0.717) is 35.4 Å². The number of halogens is 1. The first kappa shape index (κ1) is 20.3. The van der Waals surface area contributed by atoms with Crippen molar-refractivity contribution in [3.05, 3.63) is 77.8 Å². The second-order valence-corrected chi connectivity index (χ2v) is 7.68. The van der Waals surface area contributed by atoms with E-state index in [1.807, 2.05) is 30.3 Å². The van der Waals surface area contributed by atoms with E-state index >= 15 is 0 Å². The summed E-state index contributed by atoms with van der Waals surface area (Å²) in [6.45, 7) is 2.98. The van der Waals surface area contributed by atoms with E-state index < -0.39 is 0 Å². The summed E-state index contributed by atoms with van der Waals surface area (Å²) in [6.07, 6.45) is 3.22. The molecule has 1 aliphatic heterocycles. The van der Waals surface area contributed by atoms with Gasteiger partial charge in [0.25, 0.3) is 5.91 Å². The molecule has 4 heterocycles. The highest BCUT2D eigenvalue weighted by Gasteiger charge is 2.19. The molecule has 0 bridgehead atoms. The van der Waals surface area contributed by atoms with E-state index in [9.17, 15) is 4.79 Å². The molecule has 1 saturated heterocycles. The maximum Gasteiger partial charge on any atom is 0.276 e. The SMILES string of the molecule is O=C(Nc1ccc(N2CCOCC2)nc1)c1cc(-c2ccco2)n(-c2ccc(Cl)cc2)n1. The van der Waals surface area contributed by atoms with Crippen LogP contribution < -0.4 is 10.2 Å². The molecule has 1 N–H and O–H groups in total. The summed E-state index contributed by atoms with van der Waals surface area (Å²) in [5.74, 6) is 1.12. The van der Waals surface area contributed by atoms with Crippen LogP contribution >= 0.6 is 11.6 Å². The van der Waals surface area contributed by atoms with Gasteiger partial charge in [-0.2, -0.15) is 5.10 Å². The third-order valence-corrected chi connectivity index (χ3v) is 5.38. The van der Waals surface area contributed by atoms with E-state index in [1.54, 1.807) is 41.4 Å². The van der Waals surface area contributed by atoms with Gasteiger partial charge >= 0.3 is 0 Å². The van der Waals surface area contributed by atoms with E-state index in [0.717, 1.165) is 24.6 Å². The normalized spacial score (nSPS) is 13.8. The summed E-state index contributed by atoms with van der Waals surface area (Å²) in [5.41, 5.74) is 2.26. The van der Waals surface area contributed by atoms with Crippen LogP contribution in [0.2, 0.25) is 5.02 Å². The molecule has 0 saturated carbocycles. The highest BCUT2D eigenvalue weighted by molar-refractivity contribution is 6.30. The van der Waals surface area contributed by atoms with Crippen LogP contribution in [-0.4, -0.2) is 47.0 Å². The van der Waals surface area contributed by atoms with Crippen LogP contribution in [-0.2, 0) is 4.74 Å². The van der Waals surface area contributed by atoms with Gasteiger partial charge in [0.05, 0.1) is 37.0 Å². The molecule has 0 atom stereocenters. The van der Waals surface area contributed by atoms with Crippen molar-refractivity contribution >= 4 is 29.0 Å². The molecule has 1 fully saturated rings. The number of aromatic nitrogens is 3. The number of amides is 1. The summed E-state index contributed by atoms with van der Waals surface area (Å²) >= 11 is 6.02. The lowest BCUT2D eigenvalue weighted by molar-refractivity contribution is 0.102. The third kappa shape index (κ3) is 4.23. The van der Waals surface area contributed by atoms with Gasteiger partial charge in [-0.1, -0.05) is 11.6 Å². The predicted molar refractivity (Wildman–Crippen MR) is 121 cm³/mol. The first-order valence-electron chi connectivity index (χ1n) is 10.2. The number of furan rings is 1. The molecular formula is C23H20ClN5O3. The lowest BCUT2D eigenvalue weighted by Crippen LogP contribution is -2.36. The van der Waals surface area contributed by atoms with Gasteiger partial charge in [0.2, 0.25) is 0 Å². The van der Waals surface area contributed by atoms with E-state index in [-0.39, 0.29) is 11.6 Å². The van der Waals surface area contributed by atoms with Gasteiger partial charge in [0.1, 0.15) is 11.5 Å². The number of carbonyl (C=O) groups is 1. The Labute approximate surface area is 189 Å². The number of hydrogen-bond donors (Lipinski definition) is 1. The Kier molecular flexibility index (Phi) is 5.62. The molecule has 162 valence electrons. The predicted octanol–water partition coefficient (Wildman–Crippen LogP) is 4.27. The lowest BCUT2D eigenvalue weighted by atomic mass is 10.2. The summed E-state index contributed by atoms with van der Waals surface area (Å²) in [7, 11) is 0. The fourth-order valence-corrected chi connectivity index (χ4v) is 3.63. The van der Waals surface area contributed by atoms with Crippen LogP contribution in [0.15, 0.2) is 71.5 Å². The molecule has 1 amide bonds. The smallest absolute Gasteiger partial charge is 0.276 e. The van der Waals surface area contributed by atoms with Crippen molar-refractivity contribution < 1.29 is 13.9 Å². The van der Waals surface area contributed by atoms with E-state index in [4.69, 9.17) is 20.8 Å². The minimum Gasteiger partial charge on any atom is -0.463 e. The minimum absolute atomic E-state index is 0.253. The fraction of sp³-hybridized carbons (Fsp3) is 0.174. The van der Waals surface area contributed by atoms with E-state index in [2.05, 4.69) is 20.3 Å². The average Bonchev–Trinajstić information content (AvgIpc) is 3.51. The van der Waals surface area contributed by atoms with Crippen molar-refractivity contribution in [2.45, 2.75) is 0 Å². The van der Waals surface area contributed by atoms with Crippen molar-refractivity contribution in [2.75, 3.05) is 36.5 Å². The number of benzene rings is 1. The zero-order valence-electron chi connectivity index (χ0n) is 17.1. The number of pyridine rings is 1. The van der Waals surface area contributed by atoms with Gasteiger partial charge in [-0.3, -0.25) is 4.79 Å². The van der Waals surface area contributed by atoms with Gasteiger partial charge in [-0.25, -0.2) is 9.67 Å². The van der Waals surface area contributed by atoms with Gasteiger partial charge in [-0.05, 0) is 48.5 Å². The highest BCUT2D eigenvalue weighted by Crippen LogP contribution is 2.26. The van der Waals surface area contributed by atoms with Crippen LogP contribution in [0.25, 0.3) is 17.1 Å². The molecule has 0 aliphatic carbocycles. The second kappa shape index (κ2) is 8.86. The number of hydrogen-bond acceptors (Lipinski definition) is 6. The molecule has 8 nitrogen and oxygen atoms in total. The first-order chi connectivity index (χ1) is 15.7. The van der Waals surface area contributed by atoms with Crippen LogP contribution in [0.1, 0.15) is 10.5 Å². The molecule has 0 unspecified atom stereocenters. The Bertz CT molecular complexity index is 1200. The summed E-state index contributed by atoms with van der Waals surface area (Å²) in [6, 6.07) is 16.2. The van der Waals surface area contributed by atoms with Crippen LogP contribution in [0.3, 0.4) is 0 Å². The Morgan fingerprint density at radius 3 is 2.56 bits per heavy atom. The average molecular weight is 450 g/mol. The van der Waals surface area contributed by atoms with Gasteiger partial charge in [-0.15, -0.1) is 0 Å².